The molecule has 0 aliphatic heterocycles. The monoisotopic (exact) mass is 410 g/mol. The summed E-state index contributed by atoms with van der Waals surface area (Å²) in [6.45, 7) is 6.78. The third kappa shape index (κ3) is 3.94. The number of rotatable bonds is 5. The molecule has 0 radical (unpaired) electrons. The molecule has 134 valence electrons. The van der Waals surface area contributed by atoms with Crippen molar-refractivity contribution >= 4 is 15.9 Å². The van der Waals surface area contributed by atoms with E-state index in [1.54, 1.807) is 7.11 Å². The summed E-state index contributed by atoms with van der Waals surface area (Å²) in [7, 11) is 1.71. The molecule has 0 saturated carbocycles. The molecule has 0 atom stereocenters. The van der Waals surface area contributed by atoms with E-state index in [0.717, 1.165) is 43.8 Å². The number of benzene rings is 3. The highest BCUT2D eigenvalue weighted by molar-refractivity contribution is 9.10. The van der Waals surface area contributed by atoms with Gasteiger partial charge in [-0.2, -0.15) is 0 Å². The van der Waals surface area contributed by atoms with Crippen LogP contribution in [-0.4, -0.2) is 7.11 Å². The summed E-state index contributed by atoms with van der Waals surface area (Å²) in [5.41, 5.74) is 6.79. The predicted octanol–water partition coefficient (Wildman–Crippen LogP) is 6.63. The summed E-state index contributed by atoms with van der Waals surface area (Å²) in [4.78, 5) is 0. The average molecular weight is 411 g/mol. The molecule has 0 N–H and O–H groups in total. The first kappa shape index (κ1) is 18.5. The van der Waals surface area contributed by atoms with Gasteiger partial charge in [0.1, 0.15) is 18.1 Å². The topological polar surface area (TPSA) is 18.5 Å². The van der Waals surface area contributed by atoms with Crippen molar-refractivity contribution in [2.24, 2.45) is 0 Å². The molecule has 3 heteroatoms. The molecule has 0 fully saturated rings. The Balaban J connectivity index is 2.04. The van der Waals surface area contributed by atoms with Gasteiger partial charge in [0.15, 0.2) is 0 Å². The van der Waals surface area contributed by atoms with Crippen molar-refractivity contribution in [2.45, 2.75) is 27.4 Å². The molecule has 0 bridgehead atoms. The maximum Gasteiger partial charge on any atom is 0.141 e. The van der Waals surface area contributed by atoms with Gasteiger partial charge in [-0.1, -0.05) is 30.3 Å². The smallest absolute Gasteiger partial charge is 0.141 e. The van der Waals surface area contributed by atoms with Crippen LogP contribution in [0.25, 0.3) is 11.1 Å². The Morgan fingerprint density at radius 2 is 1.50 bits per heavy atom. The van der Waals surface area contributed by atoms with Crippen molar-refractivity contribution < 1.29 is 9.47 Å². The number of halogens is 1. The van der Waals surface area contributed by atoms with Gasteiger partial charge < -0.3 is 9.47 Å². The lowest BCUT2D eigenvalue weighted by molar-refractivity contribution is 0.305. The molecule has 3 rings (SSSR count). The number of ether oxygens (including phenoxy) is 2. The Kier molecular flexibility index (Phi) is 5.67. The second-order valence-corrected chi connectivity index (χ2v) is 7.40. The summed E-state index contributed by atoms with van der Waals surface area (Å²) in [5.74, 6) is 1.80. The van der Waals surface area contributed by atoms with Crippen molar-refractivity contribution in [3.8, 4) is 22.6 Å². The Morgan fingerprint density at radius 1 is 0.846 bits per heavy atom. The van der Waals surface area contributed by atoms with Gasteiger partial charge >= 0.3 is 0 Å². The first-order valence-electron chi connectivity index (χ1n) is 8.62. The molecule has 3 aromatic carbocycles. The first-order valence-corrected chi connectivity index (χ1v) is 9.41. The van der Waals surface area contributed by atoms with Crippen LogP contribution in [0.5, 0.6) is 11.5 Å². The van der Waals surface area contributed by atoms with Crippen LogP contribution in [0, 0.1) is 20.8 Å². The normalized spacial score (nSPS) is 10.7. The van der Waals surface area contributed by atoms with Gasteiger partial charge in [0, 0.05) is 5.56 Å². The standard InChI is InChI=1S/C23H23BrO2/c1-15-10-20(19-12-16(2)22(25-4)17(3)13-19)23(21(24)11-15)26-14-18-8-6-5-7-9-18/h5-13H,14H2,1-4H3. The maximum atomic E-state index is 6.22. The average Bonchev–Trinajstić information content (AvgIpc) is 2.61. The quantitative estimate of drug-likeness (QED) is 0.469. The molecular weight excluding hydrogens is 388 g/mol. The number of methoxy groups -OCH3 is 1. The molecular formula is C23H23BrO2. The van der Waals surface area contributed by atoms with Crippen LogP contribution in [0.15, 0.2) is 59.1 Å². The van der Waals surface area contributed by atoms with E-state index in [2.05, 4.69) is 73.1 Å². The summed E-state index contributed by atoms with van der Waals surface area (Å²) >= 11 is 3.68. The summed E-state index contributed by atoms with van der Waals surface area (Å²) in [5, 5.41) is 0. The molecule has 0 aromatic heterocycles. The predicted molar refractivity (Wildman–Crippen MR) is 111 cm³/mol. The zero-order chi connectivity index (χ0) is 18.7. The fraction of sp³-hybridized carbons (Fsp3) is 0.217. The third-order valence-electron chi connectivity index (χ3n) is 4.39. The molecule has 3 aromatic rings. The fourth-order valence-electron chi connectivity index (χ4n) is 3.25. The Hall–Kier alpha value is -2.26. The first-order chi connectivity index (χ1) is 12.5. The van der Waals surface area contributed by atoms with Crippen molar-refractivity contribution in [3.63, 3.8) is 0 Å². The molecule has 0 unspecified atom stereocenters. The van der Waals surface area contributed by atoms with Gasteiger partial charge in [-0.05, 0) is 88.8 Å². The van der Waals surface area contributed by atoms with E-state index in [4.69, 9.17) is 9.47 Å². The van der Waals surface area contributed by atoms with Gasteiger partial charge in [-0.25, -0.2) is 0 Å². The highest BCUT2D eigenvalue weighted by Gasteiger charge is 2.15. The van der Waals surface area contributed by atoms with Crippen LogP contribution >= 0.6 is 15.9 Å². The van der Waals surface area contributed by atoms with Gasteiger partial charge in [-0.3, -0.25) is 0 Å². The molecule has 0 aliphatic rings. The highest BCUT2D eigenvalue weighted by Crippen LogP contribution is 2.40. The van der Waals surface area contributed by atoms with E-state index in [1.807, 2.05) is 18.2 Å². The van der Waals surface area contributed by atoms with Crippen LogP contribution < -0.4 is 9.47 Å². The Bertz CT molecular complexity index is 894. The molecule has 0 saturated heterocycles. The van der Waals surface area contributed by atoms with Crippen LogP contribution in [-0.2, 0) is 6.61 Å². The summed E-state index contributed by atoms with van der Waals surface area (Å²) in [6.07, 6.45) is 0. The second-order valence-electron chi connectivity index (χ2n) is 6.54. The minimum Gasteiger partial charge on any atom is -0.496 e. The molecule has 0 heterocycles. The zero-order valence-electron chi connectivity index (χ0n) is 15.6. The lowest BCUT2D eigenvalue weighted by Crippen LogP contribution is -1.99. The Labute approximate surface area is 163 Å². The fourth-order valence-corrected chi connectivity index (χ4v) is 3.94. The SMILES string of the molecule is COc1c(C)cc(-c2cc(C)cc(Br)c2OCc2ccccc2)cc1C. The van der Waals surface area contributed by atoms with E-state index in [9.17, 15) is 0 Å². The molecule has 2 nitrogen and oxygen atoms in total. The van der Waals surface area contributed by atoms with Crippen LogP contribution in [0.3, 0.4) is 0 Å². The lowest BCUT2D eigenvalue weighted by atomic mass is 9.97. The van der Waals surface area contributed by atoms with Crippen molar-refractivity contribution in [3.05, 3.63) is 81.3 Å². The van der Waals surface area contributed by atoms with Crippen molar-refractivity contribution in [1.82, 2.24) is 0 Å². The molecule has 0 amide bonds. The van der Waals surface area contributed by atoms with E-state index >= 15 is 0 Å². The number of hydrogen-bond donors (Lipinski definition) is 0. The van der Waals surface area contributed by atoms with E-state index < -0.39 is 0 Å². The van der Waals surface area contributed by atoms with Crippen LogP contribution in [0.2, 0.25) is 0 Å². The zero-order valence-corrected chi connectivity index (χ0v) is 17.2. The minimum absolute atomic E-state index is 0.531. The van der Waals surface area contributed by atoms with Crippen LogP contribution in [0.1, 0.15) is 22.3 Å². The molecule has 0 aliphatic carbocycles. The highest BCUT2D eigenvalue weighted by atomic mass is 79.9. The van der Waals surface area contributed by atoms with Gasteiger partial charge in [-0.15, -0.1) is 0 Å². The van der Waals surface area contributed by atoms with E-state index in [-0.39, 0.29) is 0 Å². The summed E-state index contributed by atoms with van der Waals surface area (Å²) < 4.78 is 12.7. The van der Waals surface area contributed by atoms with Gasteiger partial charge in [0.05, 0.1) is 11.6 Å². The lowest BCUT2D eigenvalue weighted by Gasteiger charge is -2.17. The Morgan fingerprint density at radius 3 is 2.12 bits per heavy atom. The number of aryl methyl sites for hydroxylation is 3. The van der Waals surface area contributed by atoms with Crippen molar-refractivity contribution in [2.75, 3.05) is 7.11 Å². The molecule has 26 heavy (non-hydrogen) atoms. The van der Waals surface area contributed by atoms with Gasteiger partial charge in [0.25, 0.3) is 0 Å². The largest absolute Gasteiger partial charge is 0.496 e. The molecule has 0 spiro atoms. The second kappa shape index (κ2) is 7.96. The van der Waals surface area contributed by atoms with E-state index in [0.29, 0.717) is 6.61 Å². The minimum atomic E-state index is 0.531. The van der Waals surface area contributed by atoms with Gasteiger partial charge in [0.2, 0.25) is 0 Å². The van der Waals surface area contributed by atoms with E-state index in [1.165, 1.54) is 5.56 Å². The van der Waals surface area contributed by atoms with Crippen molar-refractivity contribution in [1.29, 1.82) is 0 Å². The van der Waals surface area contributed by atoms with Crippen LogP contribution in [0.4, 0.5) is 0 Å². The maximum absolute atomic E-state index is 6.22. The third-order valence-corrected chi connectivity index (χ3v) is 4.98. The summed E-state index contributed by atoms with van der Waals surface area (Å²) in [6, 6.07) is 18.8. The number of hydrogen-bond acceptors (Lipinski definition) is 2.